The van der Waals surface area contributed by atoms with Crippen LogP contribution in [0.4, 0.5) is 0 Å². The molecule has 0 aliphatic carbocycles. The maximum absolute atomic E-state index is 8.80. The van der Waals surface area contributed by atoms with Gasteiger partial charge in [-0.15, -0.1) is 0 Å². The summed E-state index contributed by atoms with van der Waals surface area (Å²) in [7, 11) is 0. The molecule has 0 aliphatic rings. The van der Waals surface area contributed by atoms with Crippen molar-refractivity contribution < 1.29 is 5.11 Å². The van der Waals surface area contributed by atoms with Crippen molar-refractivity contribution in [3.8, 4) is 0 Å². The van der Waals surface area contributed by atoms with Gasteiger partial charge in [-0.25, -0.2) is 0 Å². The Morgan fingerprint density at radius 2 is 1.56 bits per heavy atom. The number of hydrogen-bond acceptors (Lipinski definition) is 2. The lowest BCUT2D eigenvalue weighted by atomic mass is 9.76. The van der Waals surface area contributed by atoms with Crippen LogP contribution in [0.3, 0.4) is 0 Å². The molecule has 0 fully saturated rings. The van der Waals surface area contributed by atoms with Gasteiger partial charge in [0.1, 0.15) is 0 Å². The number of rotatable bonds is 1. The highest BCUT2D eigenvalue weighted by molar-refractivity contribution is 4.89. The van der Waals surface area contributed by atoms with E-state index < -0.39 is 5.54 Å². The van der Waals surface area contributed by atoms with Gasteiger partial charge in [0.15, 0.2) is 0 Å². The maximum atomic E-state index is 8.80. The van der Waals surface area contributed by atoms with Crippen LogP contribution < -0.4 is 5.73 Å². The Bertz CT molecular complexity index is 91.6. The molecule has 9 heavy (non-hydrogen) atoms. The van der Waals surface area contributed by atoms with Gasteiger partial charge in [-0.05, 0) is 12.3 Å². The third kappa shape index (κ3) is 1.95. The fraction of sp³-hybridized carbons (Fsp3) is 1.00. The molecule has 1 atom stereocenters. The van der Waals surface area contributed by atoms with Crippen LogP contribution in [0.2, 0.25) is 0 Å². The van der Waals surface area contributed by atoms with Gasteiger partial charge in [-0.1, -0.05) is 20.8 Å². The minimum Gasteiger partial charge on any atom is -0.394 e. The molecule has 2 heteroatoms. The lowest BCUT2D eigenvalue weighted by Crippen LogP contribution is -2.51. The van der Waals surface area contributed by atoms with E-state index in [0.717, 1.165) is 0 Å². The standard InChI is InChI=1S/C7H17NO/c1-6(2,3)7(4,8)5-9/h9H,5,8H2,1-4H3. The monoisotopic (exact) mass is 131 g/mol. The number of aliphatic hydroxyl groups excluding tert-OH is 1. The van der Waals surface area contributed by atoms with E-state index in [1.165, 1.54) is 0 Å². The Morgan fingerprint density at radius 3 is 1.56 bits per heavy atom. The number of hydrogen-bond donors (Lipinski definition) is 2. The van der Waals surface area contributed by atoms with Gasteiger partial charge in [-0.3, -0.25) is 0 Å². The molecule has 0 saturated carbocycles. The molecule has 0 aliphatic heterocycles. The molecule has 56 valence electrons. The fourth-order valence-electron chi connectivity index (χ4n) is 0.237. The average molecular weight is 131 g/mol. The second-order valence-electron chi connectivity index (χ2n) is 3.83. The second kappa shape index (κ2) is 2.27. The van der Waals surface area contributed by atoms with Gasteiger partial charge in [0.25, 0.3) is 0 Å². The summed E-state index contributed by atoms with van der Waals surface area (Å²) in [6.45, 7) is 7.94. The van der Waals surface area contributed by atoms with Crippen molar-refractivity contribution >= 4 is 0 Å². The molecule has 2 nitrogen and oxygen atoms in total. The molecule has 0 aromatic rings. The highest BCUT2D eigenvalue weighted by Crippen LogP contribution is 2.26. The summed E-state index contributed by atoms with van der Waals surface area (Å²) < 4.78 is 0. The van der Waals surface area contributed by atoms with Crippen molar-refractivity contribution in [2.75, 3.05) is 6.61 Å². The summed E-state index contributed by atoms with van der Waals surface area (Å²) in [5.41, 5.74) is 5.25. The zero-order valence-corrected chi connectivity index (χ0v) is 6.73. The Labute approximate surface area is 57.1 Å². The molecular formula is C7H17NO. The first-order valence-electron chi connectivity index (χ1n) is 3.21. The Balaban J connectivity index is 4.14. The molecule has 1 unspecified atom stereocenters. The molecule has 0 heterocycles. The van der Waals surface area contributed by atoms with E-state index in [1.54, 1.807) is 0 Å². The van der Waals surface area contributed by atoms with Gasteiger partial charge in [0.05, 0.1) is 6.61 Å². The topological polar surface area (TPSA) is 46.2 Å². The summed E-state index contributed by atoms with van der Waals surface area (Å²) in [5.74, 6) is 0. The van der Waals surface area contributed by atoms with Gasteiger partial charge in [0.2, 0.25) is 0 Å². The van der Waals surface area contributed by atoms with Crippen LogP contribution in [0, 0.1) is 5.41 Å². The van der Waals surface area contributed by atoms with Crippen molar-refractivity contribution in [2.45, 2.75) is 33.2 Å². The average Bonchev–Trinajstić information content (AvgIpc) is 1.64. The summed E-state index contributed by atoms with van der Waals surface area (Å²) in [6, 6.07) is 0. The molecule has 0 aromatic heterocycles. The van der Waals surface area contributed by atoms with Crippen LogP contribution in [0.5, 0.6) is 0 Å². The van der Waals surface area contributed by atoms with Gasteiger partial charge in [0, 0.05) is 5.54 Å². The van der Waals surface area contributed by atoms with E-state index in [1.807, 2.05) is 27.7 Å². The van der Waals surface area contributed by atoms with Crippen LogP contribution in [0.15, 0.2) is 0 Å². The normalized spacial score (nSPS) is 19.3. The summed E-state index contributed by atoms with van der Waals surface area (Å²) in [5, 5.41) is 8.80. The predicted molar refractivity (Wildman–Crippen MR) is 39.1 cm³/mol. The van der Waals surface area contributed by atoms with Crippen LogP contribution >= 0.6 is 0 Å². The summed E-state index contributed by atoms with van der Waals surface area (Å²) >= 11 is 0. The summed E-state index contributed by atoms with van der Waals surface area (Å²) in [6.07, 6.45) is 0. The zero-order valence-electron chi connectivity index (χ0n) is 6.73. The van der Waals surface area contributed by atoms with Gasteiger partial charge >= 0.3 is 0 Å². The third-order valence-corrected chi connectivity index (χ3v) is 2.04. The largest absolute Gasteiger partial charge is 0.394 e. The van der Waals surface area contributed by atoms with Crippen LogP contribution in [0.25, 0.3) is 0 Å². The molecule has 0 radical (unpaired) electrons. The number of nitrogens with two attached hydrogens (primary N) is 1. The molecule has 0 amide bonds. The first kappa shape index (κ1) is 8.92. The quantitative estimate of drug-likeness (QED) is 0.551. The van der Waals surface area contributed by atoms with Crippen LogP contribution in [-0.2, 0) is 0 Å². The Kier molecular flexibility index (Phi) is 2.25. The third-order valence-electron chi connectivity index (χ3n) is 2.04. The van der Waals surface area contributed by atoms with Crippen molar-refractivity contribution in [1.29, 1.82) is 0 Å². The van der Waals surface area contributed by atoms with Crippen molar-refractivity contribution in [3.05, 3.63) is 0 Å². The summed E-state index contributed by atoms with van der Waals surface area (Å²) in [4.78, 5) is 0. The van der Waals surface area contributed by atoms with Crippen molar-refractivity contribution in [3.63, 3.8) is 0 Å². The SMILES string of the molecule is CC(C)(C)C(C)(N)CO. The fourth-order valence-corrected chi connectivity index (χ4v) is 0.237. The van der Waals surface area contributed by atoms with Crippen LogP contribution in [0.1, 0.15) is 27.7 Å². The Morgan fingerprint density at radius 1 is 1.22 bits per heavy atom. The smallest absolute Gasteiger partial charge is 0.0613 e. The van der Waals surface area contributed by atoms with E-state index in [4.69, 9.17) is 10.8 Å². The first-order chi connectivity index (χ1) is 3.81. The highest BCUT2D eigenvalue weighted by atomic mass is 16.3. The van der Waals surface area contributed by atoms with E-state index >= 15 is 0 Å². The van der Waals surface area contributed by atoms with E-state index in [0.29, 0.717) is 0 Å². The van der Waals surface area contributed by atoms with E-state index in [9.17, 15) is 0 Å². The molecule has 0 aromatic carbocycles. The molecule has 0 saturated heterocycles. The maximum Gasteiger partial charge on any atom is 0.0613 e. The molecular weight excluding hydrogens is 114 g/mol. The lowest BCUT2D eigenvalue weighted by molar-refractivity contribution is 0.111. The second-order valence-corrected chi connectivity index (χ2v) is 3.83. The Hall–Kier alpha value is -0.0800. The minimum absolute atomic E-state index is 0.0260. The van der Waals surface area contributed by atoms with Crippen LogP contribution in [-0.4, -0.2) is 17.3 Å². The molecule has 3 N–H and O–H groups in total. The first-order valence-corrected chi connectivity index (χ1v) is 3.21. The van der Waals surface area contributed by atoms with Crippen molar-refractivity contribution in [1.82, 2.24) is 0 Å². The van der Waals surface area contributed by atoms with Gasteiger partial charge in [-0.2, -0.15) is 0 Å². The minimum atomic E-state index is -0.465. The predicted octanol–water partition coefficient (Wildman–Crippen LogP) is 0.742. The number of aliphatic hydroxyl groups is 1. The molecule has 0 bridgehead atoms. The lowest BCUT2D eigenvalue weighted by Gasteiger charge is -2.36. The van der Waals surface area contributed by atoms with E-state index in [2.05, 4.69) is 0 Å². The van der Waals surface area contributed by atoms with Gasteiger partial charge < -0.3 is 10.8 Å². The molecule has 0 rings (SSSR count). The van der Waals surface area contributed by atoms with E-state index in [-0.39, 0.29) is 12.0 Å². The zero-order chi connectivity index (χ0) is 7.71. The molecule has 0 spiro atoms. The highest BCUT2D eigenvalue weighted by Gasteiger charge is 2.32. The van der Waals surface area contributed by atoms with Crippen molar-refractivity contribution in [2.24, 2.45) is 11.1 Å².